The third-order valence-electron chi connectivity index (χ3n) is 2.01. The molecule has 0 spiro atoms. The van der Waals surface area contributed by atoms with Gasteiger partial charge < -0.3 is 15.8 Å². The summed E-state index contributed by atoms with van der Waals surface area (Å²) in [5.74, 6) is -3.24. The van der Waals surface area contributed by atoms with Gasteiger partial charge in [-0.15, -0.1) is 0 Å². The Bertz CT molecular complexity index is 416. The molecule has 0 unspecified atom stereocenters. The molecule has 100 valence electrons. The average Bonchev–Trinajstić information content (AvgIpc) is 2.34. The molecule has 0 saturated heterocycles. The number of carbonyl (C=O) groups is 1. The molecule has 7 heteroatoms. The summed E-state index contributed by atoms with van der Waals surface area (Å²) < 4.78 is 31.4. The van der Waals surface area contributed by atoms with Crippen molar-refractivity contribution in [1.82, 2.24) is 5.32 Å². The number of carbonyl (C=O) groups excluding carboxylic acids is 1. The van der Waals surface area contributed by atoms with Crippen molar-refractivity contribution in [2.45, 2.75) is 5.92 Å². The number of benzene rings is 1. The Morgan fingerprint density at radius 3 is 2.83 bits per heavy atom. The molecule has 0 aliphatic carbocycles. The molecule has 0 heterocycles. The van der Waals surface area contributed by atoms with Gasteiger partial charge in [0.05, 0.1) is 13.1 Å². The Morgan fingerprint density at radius 1 is 1.50 bits per heavy atom. The van der Waals surface area contributed by atoms with Crippen LogP contribution in [-0.4, -0.2) is 31.5 Å². The largest absolute Gasteiger partial charge is 0.484 e. The van der Waals surface area contributed by atoms with Crippen LogP contribution >= 0.6 is 15.9 Å². The summed E-state index contributed by atoms with van der Waals surface area (Å²) in [6.45, 7) is -1.92. The van der Waals surface area contributed by atoms with Crippen LogP contribution < -0.4 is 15.8 Å². The van der Waals surface area contributed by atoms with E-state index in [9.17, 15) is 13.6 Å². The third kappa shape index (κ3) is 5.42. The molecule has 0 aliphatic rings. The maximum absolute atomic E-state index is 12.7. The van der Waals surface area contributed by atoms with Crippen LogP contribution in [0.1, 0.15) is 0 Å². The number of hydrogen-bond acceptors (Lipinski definition) is 3. The maximum atomic E-state index is 12.7. The van der Waals surface area contributed by atoms with Crippen molar-refractivity contribution in [1.29, 1.82) is 0 Å². The molecule has 0 bridgehead atoms. The van der Waals surface area contributed by atoms with Crippen LogP contribution in [0.2, 0.25) is 0 Å². The zero-order valence-electron chi connectivity index (χ0n) is 9.46. The van der Waals surface area contributed by atoms with Gasteiger partial charge in [-0.2, -0.15) is 0 Å². The minimum absolute atomic E-state index is 0.322. The van der Waals surface area contributed by atoms with Gasteiger partial charge in [-0.05, 0) is 18.2 Å². The highest BCUT2D eigenvalue weighted by Gasteiger charge is 2.27. The number of ether oxygens (including phenoxy) is 1. The number of nitrogens with one attached hydrogen (secondary N) is 1. The Labute approximate surface area is 112 Å². The molecule has 18 heavy (non-hydrogen) atoms. The highest BCUT2D eigenvalue weighted by atomic mass is 79.9. The highest BCUT2D eigenvalue weighted by Crippen LogP contribution is 2.17. The Kier molecular flexibility index (Phi) is 5.49. The van der Waals surface area contributed by atoms with Gasteiger partial charge in [0.25, 0.3) is 11.8 Å². The molecule has 1 aromatic carbocycles. The zero-order chi connectivity index (χ0) is 13.6. The Hall–Kier alpha value is -1.21. The summed E-state index contributed by atoms with van der Waals surface area (Å²) in [6, 6.07) is 6.86. The molecule has 3 N–H and O–H groups in total. The first kappa shape index (κ1) is 14.8. The summed E-state index contributed by atoms with van der Waals surface area (Å²) in [4.78, 5) is 11.2. The van der Waals surface area contributed by atoms with E-state index in [2.05, 4.69) is 21.2 Å². The van der Waals surface area contributed by atoms with Crippen LogP contribution in [0.5, 0.6) is 5.75 Å². The van der Waals surface area contributed by atoms with Gasteiger partial charge in [-0.25, -0.2) is 8.78 Å². The fourth-order valence-electron chi connectivity index (χ4n) is 1.06. The van der Waals surface area contributed by atoms with Gasteiger partial charge in [0.15, 0.2) is 6.61 Å². The standard InChI is InChI=1S/C11H13BrF2N2O2/c12-8-2-1-3-9(4-8)18-5-10(17)16-7-11(13,14)6-15/h1-4H,5-7,15H2,(H,16,17). The van der Waals surface area contributed by atoms with Crippen molar-refractivity contribution >= 4 is 21.8 Å². The first-order valence-corrected chi connectivity index (χ1v) is 5.95. The van der Waals surface area contributed by atoms with E-state index in [1.54, 1.807) is 24.3 Å². The predicted molar refractivity (Wildman–Crippen MR) is 66.6 cm³/mol. The number of amides is 1. The molecule has 0 atom stereocenters. The molecule has 1 rings (SSSR count). The normalized spacial score (nSPS) is 11.1. The lowest BCUT2D eigenvalue weighted by Gasteiger charge is -2.14. The lowest BCUT2D eigenvalue weighted by molar-refractivity contribution is -0.124. The van der Waals surface area contributed by atoms with Crippen molar-refractivity contribution in [3.63, 3.8) is 0 Å². The average molecular weight is 323 g/mol. The van der Waals surface area contributed by atoms with Crippen molar-refractivity contribution in [2.24, 2.45) is 5.73 Å². The monoisotopic (exact) mass is 322 g/mol. The van der Waals surface area contributed by atoms with E-state index >= 15 is 0 Å². The SMILES string of the molecule is NCC(F)(F)CNC(=O)COc1cccc(Br)c1. The van der Waals surface area contributed by atoms with E-state index in [1.165, 1.54) is 0 Å². The van der Waals surface area contributed by atoms with Crippen LogP contribution in [-0.2, 0) is 4.79 Å². The number of hydrogen-bond donors (Lipinski definition) is 2. The van der Waals surface area contributed by atoms with Gasteiger partial charge in [-0.3, -0.25) is 4.79 Å². The highest BCUT2D eigenvalue weighted by molar-refractivity contribution is 9.10. The molecule has 0 saturated carbocycles. The molecule has 4 nitrogen and oxygen atoms in total. The van der Waals surface area contributed by atoms with Crippen molar-refractivity contribution in [3.05, 3.63) is 28.7 Å². The second-order valence-electron chi connectivity index (χ2n) is 3.58. The Morgan fingerprint density at radius 2 is 2.22 bits per heavy atom. The van der Waals surface area contributed by atoms with E-state index in [0.717, 1.165) is 4.47 Å². The maximum Gasteiger partial charge on any atom is 0.277 e. The summed E-state index contributed by atoms with van der Waals surface area (Å²) in [5.41, 5.74) is 4.84. The minimum Gasteiger partial charge on any atom is -0.484 e. The number of halogens is 3. The second kappa shape index (κ2) is 6.65. The number of alkyl halides is 2. The molecular weight excluding hydrogens is 310 g/mol. The number of rotatable bonds is 6. The first-order valence-electron chi connectivity index (χ1n) is 5.16. The zero-order valence-corrected chi connectivity index (χ0v) is 11.0. The third-order valence-corrected chi connectivity index (χ3v) is 2.50. The van der Waals surface area contributed by atoms with Crippen molar-refractivity contribution < 1.29 is 18.3 Å². The Balaban J connectivity index is 2.34. The second-order valence-corrected chi connectivity index (χ2v) is 4.50. The summed E-state index contributed by atoms with van der Waals surface area (Å²) in [5, 5.41) is 2.05. The van der Waals surface area contributed by atoms with Crippen molar-refractivity contribution in [3.8, 4) is 5.75 Å². The fraction of sp³-hybridized carbons (Fsp3) is 0.364. The van der Waals surface area contributed by atoms with Gasteiger partial charge >= 0.3 is 0 Å². The van der Waals surface area contributed by atoms with Crippen LogP contribution in [0.15, 0.2) is 28.7 Å². The van der Waals surface area contributed by atoms with Crippen molar-refractivity contribution in [2.75, 3.05) is 19.7 Å². The van der Waals surface area contributed by atoms with Crippen LogP contribution in [0.3, 0.4) is 0 Å². The molecule has 1 amide bonds. The molecule has 0 fully saturated rings. The van der Waals surface area contributed by atoms with E-state index in [-0.39, 0.29) is 6.61 Å². The molecular formula is C11H13BrF2N2O2. The summed E-state index contributed by atoms with van der Waals surface area (Å²) in [6.07, 6.45) is 0. The van der Waals surface area contributed by atoms with E-state index < -0.39 is 24.9 Å². The summed E-state index contributed by atoms with van der Waals surface area (Å²) >= 11 is 3.24. The minimum atomic E-state index is -3.09. The van der Waals surface area contributed by atoms with E-state index in [1.807, 2.05) is 0 Å². The molecule has 0 radical (unpaired) electrons. The molecule has 0 aliphatic heterocycles. The lowest BCUT2D eigenvalue weighted by Crippen LogP contribution is -2.43. The molecule has 0 aromatic heterocycles. The summed E-state index contributed by atoms with van der Waals surface area (Å²) in [7, 11) is 0. The smallest absolute Gasteiger partial charge is 0.277 e. The quantitative estimate of drug-likeness (QED) is 0.835. The molecule has 1 aromatic rings. The lowest BCUT2D eigenvalue weighted by atomic mass is 10.3. The number of nitrogens with two attached hydrogens (primary N) is 1. The fourth-order valence-corrected chi connectivity index (χ4v) is 1.43. The van der Waals surface area contributed by atoms with E-state index in [0.29, 0.717) is 5.75 Å². The van der Waals surface area contributed by atoms with Crippen LogP contribution in [0.25, 0.3) is 0 Å². The van der Waals surface area contributed by atoms with Crippen LogP contribution in [0, 0.1) is 0 Å². The van der Waals surface area contributed by atoms with Gasteiger partial charge in [-0.1, -0.05) is 22.0 Å². The van der Waals surface area contributed by atoms with Gasteiger partial charge in [0, 0.05) is 4.47 Å². The predicted octanol–water partition coefficient (Wildman–Crippen LogP) is 1.54. The topological polar surface area (TPSA) is 64.3 Å². The van der Waals surface area contributed by atoms with Gasteiger partial charge in [0.2, 0.25) is 0 Å². The van der Waals surface area contributed by atoms with Gasteiger partial charge in [0.1, 0.15) is 5.75 Å². The van der Waals surface area contributed by atoms with Crippen LogP contribution in [0.4, 0.5) is 8.78 Å². The van der Waals surface area contributed by atoms with E-state index in [4.69, 9.17) is 10.5 Å². The first-order chi connectivity index (χ1) is 8.43.